The largest absolute Gasteiger partial charge is 0.497 e. The van der Waals surface area contributed by atoms with Gasteiger partial charge in [0.05, 0.1) is 24.6 Å². The van der Waals surface area contributed by atoms with Gasteiger partial charge in [-0.1, -0.05) is 48.9 Å². The Morgan fingerprint density at radius 1 is 1.00 bits per heavy atom. The normalized spacial score (nSPS) is 25.2. The summed E-state index contributed by atoms with van der Waals surface area (Å²) in [5.41, 5.74) is 2.64. The molecule has 2 aromatic carbocycles. The van der Waals surface area contributed by atoms with Gasteiger partial charge in [-0.3, -0.25) is 9.59 Å². The fourth-order valence-corrected chi connectivity index (χ4v) is 5.15. The lowest BCUT2D eigenvalue weighted by Gasteiger charge is -2.35. The Morgan fingerprint density at radius 2 is 1.74 bits per heavy atom. The van der Waals surface area contributed by atoms with Crippen LogP contribution in [-0.2, 0) is 20.7 Å². The molecule has 0 aromatic heterocycles. The highest BCUT2D eigenvalue weighted by Crippen LogP contribution is 2.46. The molecule has 5 heteroatoms. The van der Waals surface area contributed by atoms with Crippen molar-refractivity contribution in [1.29, 1.82) is 0 Å². The number of fused-ring (bicyclic) bond motifs is 1. The maximum atomic E-state index is 13.5. The predicted octanol–water partition coefficient (Wildman–Crippen LogP) is 4.23. The smallest absolute Gasteiger partial charge is 0.290 e. The summed E-state index contributed by atoms with van der Waals surface area (Å²) >= 11 is 0. The number of hydrogen-bond acceptors (Lipinski definition) is 4. The number of carbonyl (C=O) groups is 2. The molecule has 31 heavy (non-hydrogen) atoms. The summed E-state index contributed by atoms with van der Waals surface area (Å²) in [7, 11) is 1.65. The number of rotatable bonds is 5. The van der Waals surface area contributed by atoms with E-state index in [1.54, 1.807) is 7.11 Å². The molecule has 3 aliphatic rings. The molecule has 1 saturated carbocycles. The van der Waals surface area contributed by atoms with E-state index in [1.807, 2.05) is 59.5 Å². The molecule has 0 radical (unpaired) electrons. The van der Waals surface area contributed by atoms with Gasteiger partial charge >= 0.3 is 0 Å². The average Bonchev–Trinajstić information content (AvgIpc) is 3.10. The number of ether oxygens (including phenoxy) is 2. The van der Waals surface area contributed by atoms with Crippen molar-refractivity contribution in [2.75, 3.05) is 13.7 Å². The average molecular weight is 418 g/mol. The van der Waals surface area contributed by atoms with E-state index < -0.39 is 0 Å². The van der Waals surface area contributed by atoms with Gasteiger partial charge in [-0.25, -0.2) is 0 Å². The minimum absolute atomic E-state index is 0.111. The Bertz CT molecular complexity index is 1010. The van der Waals surface area contributed by atoms with Crippen molar-refractivity contribution in [3.8, 4) is 5.75 Å². The van der Waals surface area contributed by atoms with Crippen LogP contribution in [0.5, 0.6) is 5.75 Å². The zero-order valence-corrected chi connectivity index (χ0v) is 17.8. The molecular formula is C26H27NO4. The van der Waals surface area contributed by atoms with Gasteiger partial charge in [-0.2, -0.15) is 0 Å². The van der Waals surface area contributed by atoms with Crippen LogP contribution in [0.3, 0.4) is 0 Å². The molecule has 0 bridgehead atoms. The van der Waals surface area contributed by atoms with E-state index >= 15 is 0 Å². The van der Waals surface area contributed by atoms with Crippen molar-refractivity contribution in [3.63, 3.8) is 0 Å². The lowest BCUT2D eigenvalue weighted by molar-refractivity contribution is -0.135. The van der Waals surface area contributed by atoms with Gasteiger partial charge < -0.3 is 14.4 Å². The fourth-order valence-electron chi connectivity index (χ4n) is 5.15. The summed E-state index contributed by atoms with van der Waals surface area (Å²) in [5, 5.41) is 0. The van der Waals surface area contributed by atoms with E-state index in [9.17, 15) is 9.59 Å². The Morgan fingerprint density at radius 3 is 2.48 bits per heavy atom. The van der Waals surface area contributed by atoms with Crippen LogP contribution in [0, 0.1) is 5.92 Å². The molecule has 0 N–H and O–H groups in total. The van der Waals surface area contributed by atoms with E-state index in [0.29, 0.717) is 18.5 Å². The van der Waals surface area contributed by atoms with Crippen LogP contribution in [0.4, 0.5) is 0 Å². The SMILES string of the molecule is COc1ccc(CCN2C(=O)C3=C(C(=O)C4CCCCC4O3)C2c2ccccc2)cc1. The van der Waals surface area contributed by atoms with Crippen molar-refractivity contribution in [1.82, 2.24) is 4.90 Å². The van der Waals surface area contributed by atoms with Gasteiger partial charge in [0.1, 0.15) is 11.9 Å². The molecule has 1 amide bonds. The highest BCUT2D eigenvalue weighted by molar-refractivity contribution is 6.11. The second-order valence-electron chi connectivity index (χ2n) is 8.56. The predicted molar refractivity (Wildman–Crippen MR) is 116 cm³/mol. The van der Waals surface area contributed by atoms with Crippen molar-refractivity contribution in [2.45, 2.75) is 44.2 Å². The first kappa shape index (κ1) is 19.9. The Balaban J connectivity index is 1.46. The van der Waals surface area contributed by atoms with Crippen molar-refractivity contribution in [3.05, 3.63) is 77.1 Å². The summed E-state index contributed by atoms with van der Waals surface area (Å²) in [6.45, 7) is 0.518. The van der Waals surface area contributed by atoms with Gasteiger partial charge in [-0.15, -0.1) is 0 Å². The molecule has 3 unspecified atom stereocenters. The minimum Gasteiger partial charge on any atom is -0.497 e. The van der Waals surface area contributed by atoms with Gasteiger partial charge in [0.2, 0.25) is 0 Å². The molecule has 1 fully saturated rings. The molecule has 2 heterocycles. The summed E-state index contributed by atoms with van der Waals surface area (Å²) in [5.74, 6) is 0.932. The molecule has 1 aliphatic carbocycles. The third-order valence-electron chi connectivity index (χ3n) is 6.77. The maximum Gasteiger partial charge on any atom is 0.290 e. The van der Waals surface area contributed by atoms with Crippen LogP contribution in [0.25, 0.3) is 0 Å². The van der Waals surface area contributed by atoms with E-state index in [4.69, 9.17) is 9.47 Å². The van der Waals surface area contributed by atoms with Crippen LogP contribution < -0.4 is 4.74 Å². The van der Waals surface area contributed by atoms with Crippen molar-refractivity contribution in [2.24, 2.45) is 5.92 Å². The number of ketones is 1. The first-order valence-corrected chi connectivity index (χ1v) is 11.1. The molecule has 5 nitrogen and oxygen atoms in total. The Kier molecular flexibility index (Phi) is 5.26. The summed E-state index contributed by atoms with van der Waals surface area (Å²) in [6, 6.07) is 17.4. The third kappa shape index (κ3) is 3.52. The maximum absolute atomic E-state index is 13.5. The highest BCUT2D eigenvalue weighted by atomic mass is 16.5. The minimum atomic E-state index is -0.377. The first-order chi connectivity index (χ1) is 15.2. The monoisotopic (exact) mass is 417 g/mol. The van der Waals surface area contributed by atoms with E-state index in [1.165, 1.54) is 0 Å². The fraction of sp³-hybridized carbons (Fsp3) is 0.385. The Hall–Kier alpha value is -3.08. The summed E-state index contributed by atoms with van der Waals surface area (Å²) in [6.07, 6.45) is 4.34. The summed E-state index contributed by atoms with van der Waals surface area (Å²) < 4.78 is 11.4. The van der Waals surface area contributed by atoms with Gasteiger partial charge in [-0.05, 0) is 48.9 Å². The molecule has 0 spiro atoms. The number of Topliss-reactive ketones (excluding diaryl/α,β-unsaturated/α-hetero) is 1. The van der Waals surface area contributed by atoms with Gasteiger partial charge in [0, 0.05) is 6.54 Å². The van der Waals surface area contributed by atoms with Crippen LogP contribution in [0.2, 0.25) is 0 Å². The van der Waals surface area contributed by atoms with Crippen LogP contribution >= 0.6 is 0 Å². The number of nitrogens with zero attached hydrogens (tertiary/aromatic N) is 1. The van der Waals surface area contributed by atoms with Gasteiger partial charge in [0.25, 0.3) is 5.91 Å². The Labute approximate surface area is 182 Å². The van der Waals surface area contributed by atoms with Crippen molar-refractivity contribution < 1.29 is 19.1 Å². The standard InChI is InChI=1S/C26H27NO4/c1-30-19-13-11-17(12-14-19)15-16-27-23(18-7-3-2-4-8-18)22-24(28)20-9-5-6-10-21(20)31-25(22)26(27)29/h2-4,7-8,11-14,20-21,23H,5-6,9-10,15-16H2,1H3. The molecule has 2 aromatic rings. The van der Waals surface area contributed by atoms with Crippen LogP contribution in [0.1, 0.15) is 42.9 Å². The molecular weight excluding hydrogens is 390 g/mol. The number of benzene rings is 2. The molecule has 2 aliphatic heterocycles. The molecule has 5 rings (SSSR count). The third-order valence-corrected chi connectivity index (χ3v) is 6.77. The zero-order chi connectivity index (χ0) is 21.4. The number of carbonyl (C=O) groups excluding carboxylic acids is 2. The number of amides is 1. The molecule has 3 atom stereocenters. The topological polar surface area (TPSA) is 55.8 Å². The number of methoxy groups -OCH3 is 1. The van der Waals surface area contributed by atoms with Crippen LogP contribution in [-0.4, -0.2) is 36.3 Å². The summed E-state index contributed by atoms with van der Waals surface area (Å²) in [4.78, 5) is 28.8. The lowest BCUT2D eigenvalue weighted by atomic mass is 9.77. The number of hydrogen-bond donors (Lipinski definition) is 0. The van der Waals surface area contributed by atoms with Gasteiger partial charge in [0.15, 0.2) is 11.5 Å². The lowest BCUT2D eigenvalue weighted by Crippen LogP contribution is -2.39. The van der Waals surface area contributed by atoms with E-state index in [0.717, 1.165) is 42.6 Å². The first-order valence-electron chi connectivity index (χ1n) is 11.1. The van der Waals surface area contributed by atoms with Crippen molar-refractivity contribution >= 4 is 11.7 Å². The molecule has 0 saturated heterocycles. The van der Waals surface area contributed by atoms with E-state index in [-0.39, 0.29) is 35.5 Å². The second kappa shape index (κ2) is 8.22. The quantitative estimate of drug-likeness (QED) is 0.731. The highest BCUT2D eigenvalue weighted by Gasteiger charge is 2.51. The van der Waals surface area contributed by atoms with Crippen LogP contribution in [0.15, 0.2) is 65.9 Å². The van der Waals surface area contributed by atoms with E-state index in [2.05, 4.69) is 0 Å². The second-order valence-corrected chi connectivity index (χ2v) is 8.56. The zero-order valence-electron chi connectivity index (χ0n) is 17.8. The molecule has 160 valence electrons.